The summed E-state index contributed by atoms with van der Waals surface area (Å²) in [4.78, 5) is 12.3. The minimum absolute atomic E-state index is 0.181. The maximum absolute atomic E-state index is 12.3. The van der Waals surface area contributed by atoms with Gasteiger partial charge in [0.15, 0.2) is 0 Å². The van der Waals surface area contributed by atoms with Crippen molar-refractivity contribution in [2.45, 2.75) is 20.5 Å². The highest BCUT2D eigenvalue weighted by atomic mass is 16.5. The van der Waals surface area contributed by atoms with Crippen molar-refractivity contribution < 1.29 is 14.3 Å². The van der Waals surface area contributed by atoms with Crippen molar-refractivity contribution in [3.8, 4) is 0 Å². The molecule has 5 nitrogen and oxygen atoms in total. The molecule has 2 aromatic rings. The molecule has 0 aliphatic carbocycles. The van der Waals surface area contributed by atoms with Crippen molar-refractivity contribution >= 4 is 17.3 Å². The molecule has 0 spiro atoms. The van der Waals surface area contributed by atoms with E-state index in [0.717, 1.165) is 16.8 Å². The van der Waals surface area contributed by atoms with Gasteiger partial charge in [-0.1, -0.05) is 18.2 Å². The number of nitrogens with one attached hydrogen (secondary N) is 1. The van der Waals surface area contributed by atoms with E-state index in [-0.39, 0.29) is 5.91 Å². The van der Waals surface area contributed by atoms with E-state index >= 15 is 0 Å². The van der Waals surface area contributed by atoms with Crippen LogP contribution in [0.4, 0.5) is 11.4 Å². The maximum atomic E-state index is 12.3. The molecule has 2 rings (SSSR count). The molecular weight excluding hydrogens is 304 g/mol. The molecule has 0 aliphatic heterocycles. The van der Waals surface area contributed by atoms with Crippen molar-refractivity contribution in [2.24, 2.45) is 0 Å². The Labute approximate surface area is 142 Å². The summed E-state index contributed by atoms with van der Waals surface area (Å²) in [5.41, 5.74) is 9.63. The molecule has 5 heteroatoms. The predicted molar refractivity (Wildman–Crippen MR) is 96.1 cm³/mol. The fraction of sp³-hybridized carbons (Fsp3) is 0.316. The second kappa shape index (κ2) is 9.05. The smallest absolute Gasteiger partial charge is 0.255 e. The van der Waals surface area contributed by atoms with Crippen molar-refractivity contribution in [3.63, 3.8) is 0 Å². The van der Waals surface area contributed by atoms with E-state index in [1.807, 2.05) is 32.0 Å². The molecule has 0 aliphatic rings. The molecule has 0 saturated heterocycles. The number of rotatable bonds is 8. The van der Waals surface area contributed by atoms with E-state index in [1.165, 1.54) is 0 Å². The fourth-order valence-corrected chi connectivity index (χ4v) is 2.29. The van der Waals surface area contributed by atoms with Gasteiger partial charge in [-0.25, -0.2) is 0 Å². The maximum Gasteiger partial charge on any atom is 0.255 e. The first kappa shape index (κ1) is 18.0. The number of carbonyl (C=O) groups excluding carboxylic acids is 1. The van der Waals surface area contributed by atoms with Gasteiger partial charge in [-0.3, -0.25) is 4.79 Å². The molecule has 3 N–H and O–H groups in total. The van der Waals surface area contributed by atoms with E-state index in [4.69, 9.17) is 15.2 Å². The number of hydrogen-bond acceptors (Lipinski definition) is 4. The average Bonchev–Trinajstić information content (AvgIpc) is 2.57. The van der Waals surface area contributed by atoms with Gasteiger partial charge in [0.25, 0.3) is 5.91 Å². The van der Waals surface area contributed by atoms with Crippen molar-refractivity contribution in [3.05, 3.63) is 59.2 Å². The topological polar surface area (TPSA) is 73.6 Å². The highest BCUT2D eigenvalue weighted by Gasteiger charge is 2.10. The van der Waals surface area contributed by atoms with Crippen LogP contribution in [0.1, 0.15) is 28.4 Å². The first-order valence-electron chi connectivity index (χ1n) is 8.02. The Hall–Kier alpha value is -2.37. The number of amides is 1. The van der Waals surface area contributed by atoms with Crippen LogP contribution in [0.25, 0.3) is 0 Å². The Morgan fingerprint density at radius 1 is 1.12 bits per heavy atom. The van der Waals surface area contributed by atoms with Crippen LogP contribution < -0.4 is 11.1 Å². The van der Waals surface area contributed by atoms with Gasteiger partial charge in [0, 0.05) is 23.5 Å². The minimum Gasteiger partial charge on any atom is -0.399 e. The number of ether oxygens (including phenoxy) is 2. The average molecular weight is 328 g/mol. The SMILES string of the molecule is CCOCCOCc1cccc(NC(=O)c2cccc(N)c2)c1C. The van der Waals surface area contributed by atoms with Gasteiger partial charge < -0.3 is 20.5 Å². The summed E-state index contributed by atoms with van der Waals surface area (Å²) >= 11 is 0. The molecule has 0 radical (unpaired) electrons. The third kappa shape index (κ3) is 5.08. The highest BCUT2D eigenvalue weighted by Crippen LogP contribution is 2.21. The molecule has 0 aromatic heterocycles. The van der Waals surface area contributed by atoms with Gasteiger partial charge in [0.2, 0.25) is 0 Å². The second-order valence-electron chi connectivity index (χ2n) is 5.42. The van der Waals surface area contributed by atoms with Gasteiger partial charge in [0.05, 0.1) is 19.8 Å². The highest BCUT2D eigenvalue weighted by molar-refractivity contribution is 6.05. The standard InChI is InChI=1S/C19H24N2O3/c1-3-23-10-11-24-13-16-7-5-9-18(14(16)2)21-19(22)15-6-4-8-17(20)12-15/h4-9,12H,3,10-11,13,20H2,1-2H3,(H,21,22). The van der Waals surface area contributed by atoms with Crippen LogP contribution in [0.2, 0.25) is 0 Å². The molecular formula is C19H24N2O3. The lowest BCUT2D eigenvalue weighted by molar-refractivity contribution is 0.0451. The van der Waals surface area contributed by atoms with Crippen LogP contribution in [0, 0.1) is 6.92 Å². The molecule has 0 saturated carbocycles. The van der Waals surface area contributed by atoms with E-state index in [0.29, 0.717) is 37.7 Å². The van der Waals surface area contributed by atoms with E-state index in [2.05, 4.69) is 5.32 Å². The second-order valence-corrected chi connectivity index (χ2v) is 5.42. The Morgan fingerprint density at radius 2 is 1.88 bits per heavy atom. The number of benzene rings is 2. The number of anilines is 2. The van der Waals surface area contributed by atoms with Crippen molar-refractivity contribution in [1.29, 1.82) is 0 Å². The van der Waals surface area contributed by atoms with Crippen LogP contribution in [-0.2, 0) is 16.1 Å². The zero-order chi connectivity index (χ0) is 17.4. The van der Waals surface area contributed by atoms with Gasteiger partial charge in [0.1, 0.15) is 0 Å². The van der Waals surface area contributed by atoms with Crippen LogP contribution in [0.3, 0.4) is 0 Å². The summed E-state index contributed by atoms with van der Waals surface area (Å²) in [6, 6.07) is 12.7. The number of hydrogen-bond donors (Lipinski definition) is 2. The summed E-state index contributed by atoms with van der Waals surface area (Å²) in [7, 11) is 0. The molecule has 0 heterocycles. The van der Waals surface area contributed by atoms with Gasteiger partial charge in [-0.2, -0.15) is 0 Å². The zero-order valence-corrected chi connectivity index (χ0v) is 14.2. The largest absolute Gasteiger partial charge is 0.399 e. The number of carbonyl (C=O) groups is 1. The summed E-state index contributed by atoms with van der Waals surface area (Å²) in [5.74, 6) is -0.181. The van der Waals surface area contributed by atoms with E-state index < -0.39 is 0 Å². The first-order valence-corrected chi connectivity index (χ1v) is 8.02. The third-order valence-corrected chi connectivity index (χ3v) is 3.68. The van der Waals surface area contributed by atoms with Gasteiger partial charge in [-0.15, -0.1) is 0 Å². The van der Waals surface area contributed by atoms with Crippen LogP contribution in [0.15, 0.2) is 42.5 Å². The summed E-state index contributed by atoms with van der Waals surface area (Å²) < 4.78 is 10.9. The molecule has 0 unspecified atom stereocenters. The molecule has 1 amide bonds. The van der Waals surface area contributed by atoms with Crippen LogP contribution in [-0.4, -0.2) is 25.7 Å². The fourth-order valence-electron chi connectivity index (χ4n) is 2.29. The summed E-state index contributed by atoms with van der Waals surface area (Å²) in [6.45, 7) is 6.23. The normalized spacial score (nSPS) is 10.6. The molecule has 0 bridgehead atoms. The molecule has 128 valence electrons. The van der Waals surface area contributed by atoms with Crippen molar-refractivity contribution in [1.82, 2.24) is 0 Å². The van der Waals surface area contributed by atoms with E-state index in [1.54, 1.807) is 24.3 Å². The lowest BCUT2D eigenvalue weighted by Gasteiger charge is -2.13. The quantitative estimate of drug-likeness (QED) is 0.575. The molecule has 2 aromatic carbocycles. The Kier molecular flexibility index (Phi) is 6.78. The summed E-state index contributed by atoms with van der Waals surface area (Å²) in [6.07, 6.45) is 0. The van der Waals surface area contributed by atoms with Crippen molar-refractivity contribution in [2.75, 3.05) is 30.9 Å². The minimum atomic E-state index is -0.181. The predicted octanol–water partition coefficient (Wildman–Crippen LogP) is 3.38. The Morgan fingerprint density at radius 3 is 2.62 bits per heavy atom. The first-order chi connectivity index (χ1) is 11.6. The lowest BCUT2D eigenvalue weighted by Crippen LogP contribution is -2.14. The third-order valence-electron chi connectivity index (χ3n) is 3.68. The number of nitrogen functional groups attached to an aromatic ring is 1. The zero-order valence-electron chi connectivity index (χ0n) is 14.2. The van der Waals surface area contributed by atoms with E-state index in [9.17, 15) is 4.79 Å². The Balaban J connectivity index is 2.00. The van der Waals surface area contributed by atoms with Crippen LogP contribution >= 0.6 is 0 Å². The molecule has 0 fully saturated rings. The molecule has 24 heavy (non-hydrogen) atoms. The Bertz CT molecular complexity index is 686. The van der Waals surface area contributed by atoms with Crippen LogP contribution in [0.5, 0.6) is 0 Å². The number of nitrogens with two attached hydrogens (primary N) is 1. The monoisotopic (exact) mass is 328 g/mol. The summed E-state index contributed by atoms with van der Waals surface area (Å²) in [5, 5.41) is 2.93. The van der Waals surface area contributed by atoms with Gasteiger partial charge >= 0.3 is 0 Å². The molecule has 0 atom stereocenters. The van der Waals surface area contributed by atoms with Gasteiger partial charge in [-0.05, 0) is 49.2 Å². The lowest BCUT2D eigenvalue weighted by atomic mass is 10.1.